The standard InChI is InChI=1S/C23H30N2O4/c26-22(8-6-18-5-7-20-21(17-18)29-16-15-28-20)24-13-9-19(10-14-24)23(27)25-11-3-1-2-4-12-25/h5-8,17,19H,1-4,9-16H2. The molecular formula is C23H30N2O4. The normalized spacial score (nSPS) is 20.6. The highest BCUT2D eigenvalue weighted by atomic mass is 16.6. The number of hydrogen-bond donors (Lipinski definition) is 0. The third-order valence-corrected chi connectivity index (χ3v) is 6.06. The molecule has 0 saturated carbocycles. The first-order chi connectivity index (χ1) is 14.2. The Hall–Kier alpha value is -2.50. The van der Waals surface area contributed by atoms with Crippen molar-refractivity contribution in [2.75, 3.05) is 39.4 Å². The van der Waals surface area contributed by atoms with E-state index < -0.39 is 0 Å². The van der Waals surface area contributed by atoms with E-state index in [4.69, 9.17) is 9.47 Å². The summed E-state index contributed by atoms with van der Waals surface area (Å²) in [6.07, 6.45) is 9.65. The van der Waals surface area contributed by atoms with Crippen molar-refractivity contribution in [2.24, 2.45) is 5.92 Å². The van der Waals surface area contributed by atoms with Gasteiger partial charge in [0, 0.05) is 38.2 Å². The Kier molecular flexibility index (Phi) is 6.37. The molecule has 2 saturated heterocycles. The predicted molar refractivity (Wildman–Crippen MR) is 111 cm³/mol. The zero-order valence-electron chi connectivity index (χ0n) is 17.0. The van der Waals surface area contributed by atoms with Gasteiger partial charge in [0.1, 0.15) is 13.2 Å². The van der Waals surface area contributed by atoms with Crippen LogP contribution in [0.3, 0.4) is 0 Å². The van der Waals surface area contributed by atoms with E-state index in [9.17, 15) is 9.59 Å². The number of hydrogen-bond acceptors (Lipinski definition) is 4. The number of likely N-dealkylation sites (tertiary alicyclic amines) is 2. The molecule has 29 heavy (non-hydrogen) atoms. The summed E-state index contributed by atoms with van der Waals surface area (Å²) in [5, 5.41) is 0. The molecule has 1 aromatic carbocycles. The summed E-state index contributed by atoms with van der Waals surface area (Å²) in [7, 11) is 0. The predicted octanol–water partition coefficient (Wildman–Crippen LogP) is 3.11. The van der Waals surface area contributed by atoms with Crippen LogP contribution in [0.2, 0.25) is 0 Å². The molecule has 156 valence electrons. The molecule has 0 aromatic heterocycles. The number of fused-ring (bicyclic) bond motifs is 1. The van der Waals surface area contributed by atoms with Crippen molar-refractivity contribution in [3.63, 3.8) is 0 Å². The maximum atomic E-state index is 12.8. The van der Waals surface area contributed by atoms with Crippen LogP contribution in [0.15, 0.2) is 24.3 Å². The highest BCUT2D eigenvalue weighted by molar-refractivity contribution is 5.92. The Morgan fingerprint density at radius 1 is 0.862 bits per heavy atom. The van der Waals surface area contributed by atoms with Gasteiger partial charge in [0.25, 0.3) is 0 Å². The second-order valence-corrected chi connectivity index (χ2v) is 8.08. The van der Waals surface area contributed by atoms with E-state index in [1.807, 2.05) is 29.2 Å². The topological polar surface area (TPSA) is 59.1 Å². The first-order valence-corrected chi connectivity index (χ1v) is 10.9. The summed E-state index contributed by atoms with van der Waals surface area (Å²) in [4.78, 5) is 29.3. The second kappa shape index (κ2) is 9.33. The molecule has 4 rings (SSSR count). The summed E-state index contributed by atoms with van der Waals surface area (Å²) in [6, 6.07) is 5.69. The van der Waals surface area contributed by atoms with Crippen molar-refractivity contribution in [3.8, 4) is 11.5 Å². The molecular weight excluding hydrogens is 368 g/mol. The molecule has 6 nitrogen and oxygen atoms in total. The third kappa shape index (κ3) is 4.92. The van der Waals surface area contributed by atoms with Crippen molar-refractivity contribution >= 4 is 17.9 Å². The number of benzene rings is 1. The molecule has 6 heteroatoms. The van der Waals surface area contributed by atoms with Gasteiger partial charge >= 0.3 is 0 Å². The maximum Gasteiger partial charge on any atom is 0.246 e. The SMILES string of the molecule is O=C(C=Cc1ccc2c(c1)OCCO2)N1CCC(C(=O)N2CCCCCC2)CC1. The number of amides is 2. The molecule has 0 N–H and O–H groups in total. The van der Waals surface area contributed by atoms with Crippen LogP contribution >= 0.6 is 0 Å². The fourth-order valence-electron chi connectivity index (χ4n) is 4.33. The zero-order chi connectivity index (χ0) is 20.1. The summed E-state index contributed by atoms with van der Waals surface area (Å²) in [5.41, 5.74) is 0.911. The number of carbonyl (C=O) groups is 2. The Bertz CT molecular complexity index is 760. The summed E-state index contributed by atoms with van der Waals surface area (Å²) in [5.74, 6) is 1.83. The van der Waals surface area contributed by atoms with Gasteiger partial charge in [-0.15, -0.1) is 0 Å². The summed E-state index contributed by atoms with van der Waals surface area (Å²) >= 11 is 0. The van der Waals surface area contributed by atoms with Gasteiger partial charge in [0.05, 0.1) is 0 Å². The van der Waals surface area contributed by atoms with Crippen LogP contribution in [-0.2, 0) is 9.59 Å². The van der Waals surface area contributed by atoms with E-state index >= 15 is 0 Å². The number of rotatable bonds is 3. The lowest BCUT2D eigenvalue weighted by molar-refractivity contribution is -0.139. The average molecular weight is 399 g/mol. The second-order valence-electron chi connectivity index (χ2n) is 8.08. The number of ether oxygens (including phenoxy) is 2. The molecule has 0 aliphatic carbocycles. The quantitative estimate of drug-likeness (QED) is 0.734. The first-order valence-electron chi connectivity index (χ1n) is 10.9. The van der Waals surface area contributed by atoms with Gasteiger partial charge in [-0.25, -0.2) is 0 Å². The van der Waals surface area contributed by atoms with E-state index in [1.54, 1.807) is 6.08 Å². The largest absolute Gasteiger partial charge is 0.486 e. The third-order valence-electron chi connectivity index (χ3n) is 6.06. The van der Waals surface area contributed by atoms with Crippen molar-refractivity contribution in [1.82, 2.24) is 9.80 Å². The van der Waals surface area contributed by atoms with Crippen LogP contribution in [0.1, 0.15) is 44.1 Å². The van der Waals surface area contributed by atoms with Gasteiger partial charge in [-0.05, 0) is 49.5 Å². The fourth-order valence-corrected chi connectivity index (χ4v) is 4.33. The van der Waals surface area contributed by atoms with E-state index in [0.29, 0.717) is 32.2 Å². The highest BCUT2D eigenvalue weighted by Crippen LogP contribution is 2.31. The van der Waals surface area contributed by atoms with Gasteiger partial charge < -0.3 is 19.3 Å². The zero-order valence-corrected chi connectivity index (χ0v) is 17.0. The van der Waals surface area contributed by atoms with E-state index in [-0.39, 0.29) is 11.8 Å². The van der Waals surface area contributed by atoms with E-state index in [0.717, 1.165) is 55.8 Å². The smallest absolute Gasteiger partial charge is 0.246 e. The van der Waals surface area contributed by atoms with Crippen LogP contribution in [-0.4, -0.2) is 61.0 Å². The number of carbonyl (C=O) groups excluding carboxylic acids is 2. The van der Waals surface area contributed by atoms with E-state index in [2.05, 4.69) is 4.90 Å². The minimum atomic E-state index is 0.000519. The minimum Gasteiger partial charge on any atom is -0.486 e. The molecule has 3 aliphatic rings. The van der Waals surface area contributed by atoms with Crippen LogP contribution in [0.25, 0.3) is 6.08 Å². The van der Waals surface area contributed by atoms with Crippen molar-refractivity contribution in [3.05, 3.63) is 29.8 Å². The summed E-state index contributed by atoms with van der Waals surface area (Å²) in [6.45, 7) is 4.21. The van der Waals surface area contributed by atoms with Gasteiger partial charge in [-0.1, -0.05) is 18.9 Å². The molecule has 2 fully saturated rings. The Labute approximate surface area is 172 Å². The first kappa shape index (κ1) is 19.8. The lowest BCUT2D eigenvalue weighted by atomic mass is 9.95. The molecule has 2 amide bonds. The minimum absolute atomic E-state index is 0.000519. The monoisotopic (exact) mass is 398 g/mol. The lowest BCUT2D eigenvalue weighted by Gasteiger charge is -2.33. The molecule has 0 spiro atoms. The molecule has 0 atom stereocenters. The van der Waals surface area contributed by atoms with Gasteiger partial charge in [-0.2, -0.15) is 0 Å². The highest BCUT2D eigenvalue weighted by Gasteiger charge is 2.29. The number of nitrogens with zero attached hydrogens (tertiary/aromatic N) is 2. The molecule has 3 aliphatic heterocycles. The molecule has 3 heterocycles. The van der Waals surface area contributed by atoms with Crippen LogP contribution in [0.5, 0.6) is 11.5 Å². The summed E-state index contributed by atoms with van der Waals surface area (Å²) < 4.78 is 11.1. The van der Waals surface area contributed by atoms with Crippen molar-refractivity contribution in [1.29, 1.82) is 0 Å². The average Bonchev–Trinajstić information content (AvgIpc) is 3.06. The Morgan fingerprint density at radius 2 is 1.55 bits per heavy atom. The lowest BCUT2D eigenvalue weighted by Crippen LogP contribution is -2.44. The van der Waals surface area contributed by atoms with Gasteiger partial charge in [-0.3, -0.25) is 9.59 Å². The van der Waals surface area contributed by atoms with E-state index in [1.165, 1.54) is 12.8 Å². The van der Waals surface area contributed by atoms with Gasteiger partial charge in [0.15, 0.2) is 11.5 Å². The Morgan fingerprint density at radius 3 is 2.28 bits per heavy atom. The van der Waals surface area contributed by atoms with Crippen LogP contribution in [0.4, 0.5) is 0 Å². The Balaban J connectivity index is 1.28. The molecule has 0 radical (unpaired) electrons. The van der Waals surface area contributed by atoms with Crippen molar-refractivity contribution < 1.29 is 19.1 Å². The maximum absolute atomic E-state index is 12.8. The number of piperidine rings is 1. The van der Waals surface area contributed by atoms with Crippen LogP contribution in [0, 0.1) is 5.92 Å². The van der Waals surface area contributed by atoms with Crippen LogP contribution < -0.4 is 9.47 Å². The molecule has 1 aromatic rings. The van der Waals surface area contributed by atoms with Gasteiger partial charge in [0.2, 0.25) is 11.8 Å². The molecule has 0 bridgehead atoms. The fraction of sp³-hybridized carbons (Fsp3) is 0.565. The van der Waals surface area contributed by atoms with Crippen molar-refractivity contribution in [2.45, 2.75) is 38.5 Å². The molecule has 0 unspecified atom stereocenters.